The Morgan fingerprint density at radius 2 is 1.78 bits per heavy atom. The highest BCUT2D eigenvalue weighted by atomic mass is 16.5. The third kappa shape index (κ3) is 4.06. The second-order valence-electron chi connectivity index (χ2n) is 7.16. The summed E-state index contributed by atoms with van der Waals surface area (Å²) in [6.07, 6.45) is 5.02. The van der Waals surface area contributed by atoms with Crippen LogP contribution < -0.4 is 4.74 Å². The van der Waals surface area contributed by atoms with Gasteiger partial charge in [0.15, 0.2) is 0 Å². The largest absolute Gasteiger partial charge is 0.488 e. The Morgan fingerprint density at radius 3 is 2.48 bits per heavy atom. The van der Waals surface area contributed by atoms with E-state index in [0.717, 1.165) is 38.1 Å². The lowest BCUT2D eigenvalue weighted by Gasteiger charge is -2.44. The lowest BCUT2D eigenvalue weighted by molar-refractivity contribution is -0.0620. The zero-order chi connectivity index (χ0) is 16.2. The average molecular weight is 318 g/mol. The van der Waals surface area contributed by atoms with Gasteiger partial charge in [0.2, 0.25) is 0 Å². The predicted molar refractivity (Wildman–Crippen MR) is 92.8 cm³/mol. The first-order chi connectivity index (χ1) is 11.1. The maximum Gasteiger partial charge on any atom is 0.126 e. The number of aliphatic hydroxyl groups is 1. The molecule has 23 heavy (non-hydrogen) atoms. The molecule has 4 heteroatoms. The van der Waals surface area contributed by atoms with Crippen molar-refractivity contribution < 1.29 is 9.84 Å². The summed E-state index contributed by atoms with van der Waals surface area (Å²) in [5, 5.41) is 10.9. The number of ether oxygens (including phenoxy) is 1. The number of aliphatic hydroxyl groups excluding tert-OH is 1. The van der Waals surface area contributed by atoms with E-state index in [9.17, 15) is 5.11 Å². The fourth-order valence-electron chi connectivity index (χ4n) is 4.04. The summed E-state index contributed by atoms with van der Waals surface area (Å²) in [4.78, 5) is 4.82. The van der Waals surface area contributed by atoms with Crippen molar-refractivity contribution in [3.05, 3.63) is 30.3 Å². The molecule has 1 saturated heterocycles. The molecule has 0 aromatic heterocycles. The molecule has 1 heterocycles. The van der Waals surface area contributed by atoms with Crippen LogP contribution in [-0.4, -0.2) is 66.4 Å². The third-order valence-corrected chi connectivity index (χ3v) is 5.58. The minimum Gasteiger partial charge on any atom is -0.488 e. The summed E-state index contributed by atoms with van der Waals surface area (Å²) in [6.45, 7) is 2.31. The van der Waals surface area contributed by atoms with Crippen LogP contribution in [-0.2, 0) is 0 Å². The van der Waals surface area contributed by atoms with E-state index in [-0.39, 0.29) is 12.1 Å². The second kappa shape index (κ2) is 7.65. The predicted octanol–water partition coefficient (Wildman–Crippen LogP) is 2.37. The van der Waals surface area contributed by atoms with Crippen LogP contribution in [0, 0.1) is 0 Å². The zero-order valence-electron chi connectivity index (χ0n) is 14.4. The standard InChI is InChI=1S/C19H30N2O2/c1-20-13-11-15(12-14-20)21(2)17-9-6-10-18(19(17)22)23-16-7-4-3-5-8-16/h3-5,7-8,15,17-19,22H,6,9-14H2,1-2H3/t17-,18+,19+/m1/s1. The van der Waals surface area contributed by atoms with Crippen LogP contribution in [0.3, 0.4) is 0 Å². The number of piperidine rings is 1. The Hall–Kier alpha value is -1.10. The van der Waals surface area contributed by atoms with Crippen molar-refractivity contribution in [2.75, 3.05) is 27.2 Å². The van der Waals surface area contributed by atoms with Crippen LogP contribution in [0.5, 0.6) is 5.75 Å². The lowest BCUT2D eigenvalue weighted by Crippen LogP contribution is -2.56. The van der Waals surface area contributed by atoms with E-state index in [0.29, 0.717) is 6.04 Å². The molecule has 2 aliphatic rings. The first-order valence-corrected chi connectivity index (χ1v) is 8.95. The molecule has 0 amide bonds. The summed E-state index contributed by atoms with van der Waals surface area (Å²) >= 11 is 0. The first kappa shape index (κ1) is 16.7. The van der Waals surface area contributed by atoms with Gasteiger partial charge in [-0.25, -0.2) is 0 Å². The quantitative estimate of drug-likeness (QED) is 0.924. The Labute approximate surface area is 140 Å². The van der Waals surface area contributed by atoms with E-state index in [1.807, 2.05) is 30.3 Å². The van der Waals surface area contributed by atoms with E-state index >= 15 is 0 Å². The normalized spacial score (nSPS) is 30.5. The molecule has 1 saturated carbocycles. The Kier molecular flexibility index (Phi) is 5.57. The summed E-state index contributed by atoms with van der Waals surface area (Å²) in [5.41, 5.74) is 0. The smallest absolute Gasteiger partial charge is 0.126 e. The van der Waals surface area contributed by atoms with Crippen molar-refractivity contribution in [2.45, 2.75) is 56.4 Å². The molecule has 3 atom stereocenters. The average Bonchev–Trinajstić information content (AvgIpc) is 2.58. The van der Waals surface area contributed by atoms with Crippen molar-refractivity contribution >= 4 is 0 Å². The maximum absolute atomic E-state index is 10.9. The van der Waals surface area contributed by atoms with Gasteiger partial charge in [-0.3, -0.25) is 4.90 Å². The highest BCUT2D eigenvalue weighted by Gasteiger charge is 2.38. The summed E-state index contributed by atoms with van der Waals surface area (Å²) in [7, 11) is 4.38. The van der Waals surface area contributed by atoms with E-state index in [2.05, 4.69) is 23.9 Å². The Balaban J connectivity index is 1.61. The molecule has 1 aliphatic carbocycles. The molecule has 1 aromatic carbocycles. The van der Waals surface area contributed by atoms with Crippen LogP contribution >= 0.6 is 0 Å². The Bertz CT molecular complexity index is 474. The minimum absolute atomic E-state index is 0.0927. The van der Waals surface area contributed by atoms with Crippen LogP contribution in [0.4, 0.5) is 0 Å². The topological polar surface area (TPSA) is 35.9 Å². The van der Waals surface area contributed by atoms with Gasteiger partial charge in [0.1, 0.15) is 18.0 Å². The number of likely N-dealkylation sites (N-methyl/N-ethyl adjacent to an activating group) is 1. The SMILES string of the molecule is CN1CCC(N(C)[C@@H]2CCC[C@H](Oc3ccccc3)[C@H]2O)CC1. The molecule has 1 N–H and O–H groups in total. The lowest BCUT2D eigenvalue weighted by atomic mass is 9.87. The van der Waals surface area contributed by atoms with Gasteiger partial charge < -0.3 is 14.7 Å². The van der Waals surface area contributed by atoms with Crippen molar-refractivity contribution in [3.63, 3.8) is 0 Å². The number of hydrogen-bond donors (Lipinski definition) is 1. The van der Waals surface area contributed by atoms with Gasteiger partial charge in [-0.1, -0.05) is 18.2 Å². The number of para-hydroxylation sites is 1. The first-order valence-electron chi connectivity index (χ1n) is 8.95. The van der Waals surface area contributed by atoms with Gasteiger partial charge in [0.25, 0.3) is 0 Å². The molecule has 128 valence electrons. The Morgan fingerprint density at radius 1 is 1.09 bits per heavy atom. The highest BCUT2D eigenvalue weighted by Crippen LogP contribution is 2.29. The molecule has 0 unspecified atom stereocenters. The molecule has 0 bridgehead atoms. The summed E-state index contributed by atoms with van der Waals surface area (Å²) < 4.78 is 6.07. The van der Waals surface area contributed by atoms with Gasteiger partial charge in [0, 0.05) is 12.1 Å². The molecule has 4 nitrogen and oxygen atoms in total. The number of nitrogens with zero attached hydrogens (tertiary/aromatic N) is 2. The monoisotopic (exact) mass is 318 g/mol. The van der Waals surface area contributed by atoms with Crippen LogP contribution in [0.2, 0.25) is 0 Å². The molecule has 1 aliphatic heterocycles. The number of hydrogen-bond acceptors (Lipinski definition) is 4. The third-order valence-electron chi connectivity index (χ3n) is 5.58. The van der Waals surface area contributed by atoms with Crippen molar-refractivity contribution in [3.8, 4) is 5.75 Å². The molecule has 0 radical (unpaired) electrons. The van der Waals surface area contributed by atoms with Gasteiger partial charge in [0.05, 0.1) is 0 Å². The maximum atomic E-state index is 10.9. The molecule has 2 fully saturated rings. The van der Waals surface area contributed by atoms with Crippen LogP contribution in [0.25, 0.3) is 0 Å². The minimum atomic E-state index is -0.409. The fraction of sp³-hybridized carbons (Fsp3) is 0.684. The molecule has 3 rings (SSSR count). The second-order valence-corrected chi connectivity index (χ2v) is 7.16. The number of benzene rings is 1. The van der Waals surface area contributed by atoms with Crippen LogP contribution in [0.15, 0.2) is 30.3 Å². The summed E-state index contributed by atoms with van der Waals surface area (Å²) in [5.74, 6) is 0.860. The van der Waals surface area contributed by atoms with Crippen molar-refractivity contribution in [1.82, 2.24) is 9.80 Å². The highest BCUT2D eigenvalue weighted by molar-refractivity contribution is 5.21. The van der Waals surface area contributed by atoms with Crippen molar-refractivity contribution in [2.24, 2.45) is 0 Å². The van der Waals surface area contributed by atoms with E-state index in [1.54, 1.807) is 0 Å². The van der Waals surface area contributed by atoms with Gasteiger partial charge >= 0.3 is 0 Å². The van der Waals surface area contributed by atoms with Gasteiger partial charge in [-0.15, -0.1) is 0 Å². The van der Waals surface area contributed by atoms with E-state index in [1.165, 1.54) is 12.8 Å². The van der Waals surface area contributed by atoms with Gasteiger partial charge in [-0.2, -0.15) is 0 Å². The molecule has 0 spiro atoms. The van der Waals surface area contributed by atoms with E-state index in [4.69, 9.17) is 4.74 Å². The number of rotatable bonds is 4. The molecule has 1 aromatic rings. The number of likely N-dealkylation sites (tertiary alicyclic amines) is 1. The molecular weight excluding hydrogens is 288 g/mol. The zero-order valence-corrected chi connectivity index (χ0v) is 14.4. The van der Waals surface area contributed by atoms with Crippen LogP contribution in [0.1, 0.15) is 32.1 Å². The van der Waals surface area contributed by atoms with E-state index < -0.39 is 6.10 Å². The van der Waals surface area contributed by atoms with Gasteiger partial charge in [-0.05, 0) is 71.4 Å². The summed E-state index contributed by atoms with van der Waals surface area (Å²) in [6, 6.07) is 10.7. The molecular formula is C19H30N2O2. The fourth-order valence-corrected chi connectivity index (χ4v) is 4.04. The van der Waals surface area contributed by atoms with Crippen molar-refractivity contribution in [1.29, 1.82) is 0 Å².